The third-order valence-corrected chi connectivity index (χ3v) is 4.20. The molecule has 0 N–H and O–H groups in total. The summed E-state index contributed by atoms with van der Waals surface area (Å²) < 4.78 is 3.25. The van der Waals surface area contributed by atoms with Gasteiger partial charge in [-0.3, -0.25) is 4.40 Å². The van der Waals surface area contributed by atoms with Gasteiger partial charge in [0, 0.05) is 21.7 Å². The summed E-state index contributed by atoms with van der Waals surface area (Å²) in [6, 6.07) is 14.7. The van der Waals surface area contributed by atoms with Gasteiger partial charge in [0.15, 0.2) is 5.65 Å². The van der Waals surface area contributed by atoms with E-state index in [1.165, 1.54) is 10.8 Å². The summed E-state index contributed by atoms with van der Waals surface area (Å²) in [7, 11) is 0. The molecule has 0 aliphatic heterocycles. The number of aromatic nitrogens is 3. The topological polar surface area (TPSA) is 30.2 Å². The first-order valence-electron chi connectivity index (χ1n) is 6.63. The standard InChI is InChI=1S/C16H12BrN3/c1-2-15-18-19-16-12-6-4-3-5-11(12)13-9-10(17)7-8-14(13)20(15)16/h3-9H,2H2,1H3. The van der Waals surface area contributed by atoms with Crippen LogP contribution in [-0.4, -0.2) is 14.6 Å². The maximum atomic E-state index is 4.39. The molecule has 0 saturated carbocycles. The van der Waals surface area contributed by atoms with Crippen LogP contribution in [0.1, 0.15) is 12.7 Å². The Morgan fingerprint density at radius 2 is 1.80 bits per heavy atom. The van der Waals surface area contributed by atoms with Crippen LogP contribution in [0.4, 0.5) is 0 Å². The normalized spacial score (nSPS) is 11.7. The SMILES string of the molecule is CCc1nnc2c3ccccc3c3cc(Br)ccc3n12. The highest BCUT2D eigenvalue weighted by Gasteiger charge is 2.13. The lowest BCUT2D eigenvalue weighted by Gasteiger charge is -2.09. The largest absolute Gasteiger partial charge is 0.278 e. The molecule has 0 saturated heterocycles. The monoisotopic (exact) mass is 325 g/mol. The van der Waals surface area contributed by atoms with Crippen LogP contribution in [0.2, 0.25) is 0 Å². The molecule has 0 radical (unpaired) electrons. The zero-order valence-corrected chi connectivity index (χ0v) is 12.6. The molecule has 0 fully saturated rings. The van der Waals surface area contributed by atoms with Gasteiger partial charge in [0.05, 0.1) is 5.52 Å². The molecule has 2 aromatic carbocycles. The van der Waals surface area contributed by atoms with Gasteiger partial charge in [0.2, 0.25) is 0 Å². The van der Waals surface area contributed by atoms with E-state index in [0.717, 1.165) is 33.3 Å². The van der Waals surface area contributed by atoms with Crippen LogP contribution in [0.25, 0.3) is 27.3 Å². The lowest BCUT2D eigenvalue weighted by molar-refractivity contribution is 0.922. The van der Waals surface area contributed by atoms with Crippen LogP contribution < -0.4 is 0 Å². The Hall–Kier alpha value is -1.94. The highest BCUT2D eigenvalue weighted by atomic mass is 79.9. The summed E-state index contributed by atoms with van der Waals surface area (Å²) in [5.41, 5.74) is 2.09. The van der Waals surface area contributed by atoms with Crippen LogP contribution in [0.3, 0.4) is 0 Å². The van der Waals surface area contributed by atoms with Crippen molar-refractivity contribution < 1.29 is 0 Å². The van der Waals surface area contributed by atoms with Crippen LogP contribution in [0.5, 0.6) is 0 Å². The number of nitrogens with zero attached hydrogens (tertiary/aromatic N) is 3. The fourth-order valence-electron chi connectivity index (χ4n) is 2.80. The highest BCUT2D eigenvalue weighted by molar-refractivity contribution is 9.10. The first-order valence-corrected chi connectivity index (χ1v) is 7.43. The lowest BCUT2D eigenvalue weighted by atomic mass is 10.1. The fourth-order valence-corrected chi connectivity index (χ4v) is 3.17. The number of hydrogen-bond acceptors (Lipinski definition) is 2. The van der Waals surface area contributed by atoms with Crippen molar-refractivity contribution in [2.75, 3.05) is 0 Å². The second kappa shape index (κ2) is 4.28. The van der Waals surface area contributed by atoms with E-state index >= 15 is 0 Å². The van der Waals surface area contributed by atoms with Gasteiger partial charge in [-0.15, -0.1) is 10.2 Å². The molecule has 20 heavy (non-hydrogen) atoms. The Labute approximate surface area is 124 Å². The maximum absolute atomic E-state index is 4.39. The summed E-state index contributed by atoms with van der Waals surface area (Å²) >= 11 is 3.57. The summed E-state index contributed by atoms with van der Waals surface area (Å²) in [5.74, 6) is 0.998. The van der Waals surface area contributed by atoms with Crippen LogP contribution in [0.15, 0.2) is 46.9 Å². The molecule has 2 aromatic heterocycles. The van der Waals surface area contributed by atoms with Crippen LogP contribution >= 0.6 is 15.9 Å². The molecular formula is C16H12BrN3. The van der Waals surface area contributed by atoms with E-state index in [-0.39, 0.29) is 0 Å². The van der Waals surface area contributed by atoms with E-state index in [1.54, 1.807) is 0 Å². The minimum absolute atomic E-state index is 0.866. The maximum Gasteiger partial charge on any atom is 0.169 e. The summed E-state index contributed by atoms with van der Waals surface area (Å²) in [6.07, 6.45) is 0.866. The second-order valence-corrected chi connectivity index (χ2v) is 5.75. The van der Waals surface area contributed by atoms with Gasteiger partial charge < -0.3 is 0 Å². The molecule has 0 aliphatic carbocycles. The van der Waals surface area contributed by atoms with Crippen molar-refractivity contribution in [3.8, 4) is 0 Å². The third-order valence-electron chi connectivity index (χ3n) is 3.70. The van der Waals surface area contributed by atoms with Crippen molar-refractivity contribution in [1.29, 1.82) is 0 Å². The predicted octanol–water partition coefficient (Wildman–Crippen LogP) is 4.36. The Morgan fingerprint density at radius 1 is 1.00 bits per heavy atom. The summed E-state index contributed by atoms with van der Waals surface area (Å²) in [4.78, 5) is 0. The van der Waals surface area contributed by atoms with Crippen molar-refractivity contribution in [2.45, 2.75) is 13.3 Å². The molecule has 0 unspecified atom stereocenters. The summed E-state index contributed by atoms with van der Waals surface area (Å²) in [6.45, 7) is 2.11. The first-order chi connectivity index (χ1) is 9.79. The van der Waals surface area contributed by atoms with Crippen LogP contribution in [0, 0.1) is 0 Å². The molecule has 2 heterocycles. The lowest BCUT2D eigenvalue weighted by Crippen LogP contribution is -1.96. The van der Waals surface area contributed by atoms with Gasteiger partial charge in [0.1, 0.15) is 5.82 Å². The van der Waals surface area contributed by atoms with Crippen molar-refractivity contribution in [3.63, 3.8) is 0 Å². The molecule has 0 atom stereocenters. The van der Waals surface area contributed by atoms with Crippen molar-refractivity contribution in [1.82, 2.24) is 14.6 Å². The Kier molecular flexibility index (Phi) is 2.54. The van der Waals surface area contributed by atoms with Gasteiger partial charge in [-0.2, -0.15) is 0 Å². The van der Waals surface area contributed by atoms with E-state index in [9.17, 15) is 0 Å². The van der Waals surface area contributed by atoms with E-state index < -0.39 is 0 Å². The average Bonchev–Trinajstić information content (AvgIpc) is 2.91. The first kappa shape index (κ1) is 11.9. The number of rotatable bonds is 1. The van der Waals surface area contributed by atoms with E-state index in [0.29, 0.717) is 0 Å². The molecule has 98 valence electrons. The van der Waals surface area contributed by atoms with Crippen molar-refractivity contribution >= 4 is 43.3 Å². The van der Waals surface area contributed by atoms with Crippen molar-refractivity contribution in [2.24, 2.45) is 0 Å². The average molecular weight is 326 g/mol. The molecular weight excluding hydrogens is 314 g/mol. The predicted molar refractivity (Wildman–Crippen MR) is 85.1 cm³/mol. The van der Waals surface area contributed by atoms with E-state index in [1.807, 2.05) is 6.07 Å². The Bertz CT molecular complexity index is 956. The number of benzene rings is 2. The molecule has 4 heteroatoms. The number of aryl methyl sites for hydroxylation is 1. The van der Waals surface area contributed by atoms with Gasteiger partial charge in [-0.05, 0) is 23.6 Å². The fraction of sp³-hybridized carbons (Fsp3) is 0.125. The number of pyridine rings is 1. The van der Waals surface area contributed by atoms with Gasteiger partial charge in [-0.1, -0.05) is 47.1 Å². The zero-order valence-electron chi connectivity index (χ0n) is 11.0. The quantitative estimate of drug-likeness (QED) is 0.487. The molecule has 0 aliphatic rings. The minimum atomic E-state index is 0.866. The van der Waals surface area contributed by atoms with Crippen LogP contribution in [-0.2, 0) is 6.42 Å². The number of hydrogen-bond donors (Lipinski definition) is 0. The molecule has 4 rings (SSSR count). The van der Waals surface area contributed by atoms with Crippen molar-refractivity contribution in [3.05, 3.63) is 52.8 Å². The van der Waals surface area contributed by atoms with Gasteiger partial charge in [0.25, 0.3) is 0 Å². The number of halogens is 1. The molecule has 0 bridgehead atoms. The third kappa shape index (κ3) is 1.51. The van der Waals surface area contributed by atoms with Gasteiger partial charge in [-0.25, -0.2) is 0 Å². The van der Waals surface area contributed by atoms with Gasteiger partial charge >= 0.3 is 0 Å². The smallest absolute Gasteiger partial charge is 0.169 e. The Balaban J connectivity index is 2.39. The zero-order chi connectivity index (χ0) is 13.7. The van der Waals surface area contributed by atoms with E-state index in [2.05, 4.69) is 73.8 Å². The summed E-state index contributed by atoms with van der Waals surface area (Å²) in [5, 5.41) is 12.3. The second-order valence-electron chi connectivity index (χ2n) is 4.84. The minimum Gasteiger partial charge on any atom is -0.278 e. The molecule has 4 aromatic rings. The molecule has 0 spiro atoms. The molecule has 0 amide bonds. The highest BCUT2D eigenvalue weighted by Crippen LogP contribution is 2.31. The molecule has 3 nitrogen and oxygen atoms in total. The Morgan fingerprint density at radius 3 is 2.60 bits per heavy atom. The number of fused-ring (bicyclic) bond motifs is 6. The van der Waals surface area contributed by atoms with E-state index in [4.69, 9.17) is 0 Å².